The van der Waals surface area contributed by atoms with E-state index in [1.807, 2.05) is 41.1 Å². The van der Waals surface area contributed by atoms with Crippen molar-refractivity contribution in [1.82, 2.24) is 14.9 Å². The van der Waals surface area contributed by atoms with Gasteiger partial charge in [0, 0.05) is 46.2 Å². The first-order valence-corrected chi connectivity index (χ1v) is 12.9. The van der Waals surface area contributed by atoms with Crippen LogP contribution in [0.2, 0.25) is 5.02 Å². The molecule has 0 unspecified atom stereocenters. The zero-order valence-electron chi connectivity index (χ0n) is 18.1. The molecule has 4 aromatic rings. The highest BCUT2D eigenvalue weighted by Crippen LogP contribution is 2.33. The zero-order chi connectivity index (χ0) is 22.9. The number of nitrogens with one attached hydrogen (secondary N) is 1. The Labute approximate surface area is 204 Å². The molecule has 6 nitrogen and oxygen atoms in total. The number of carbonyl (C=O) groups excluding carboxylic acids is 1. The van der Waals surface area contributed by atoms with E-state index in [0.29, 0.717) is 22.7 Å². The van der Waals surface area contributed by atoms with Gasteiger partial charge in [-0.3, -0.25) is 14.2 Å². The van der Waals surface area contributed by atoms with Crippen LogP contribution in [0.3, 0.4) is 0 Å². The molecule has 33 heavy (non-hydrogen) atoms. The summed E-state index contributed by atoms with van der Waals surface area (Å²) < 4.78 is 1.40. The molecule has 0 spiro atoms. The van der Waals surface area contributed by atoms with Gasteiger partial charge in [0.1, 0.15) is 11.4 Å². The molecule has 1 aromatic carbocycles. The number of anilines is 1. The summed E-state index contributed by atoms with van der Waals surface area (Å²) in [4.78, 5) is 34.2. The Hall–Kier alpha value is -2.68. The maximum absolute atomic E-state index is 13.1. The van der Waals surface area contributed by atoms with Crippen LogP contribution >= 0.6 is 34.3 Å². The molecule has 0 saturated carbocycles. The molecule has 3 aromatic heterocycles. The highest BCUT2D eigenvalue weighted by molar-refractivity contribution is 7.18. The monoisotopic (exact) mass is 498 g/mol. The predicted molar refractivity (Wildman–Crippen MR) is 137 cm³/mol. The third kappa shape index (κ3) is 4.55. The first-order valence-electron chi connectivity index (χ1n) is 10.8. The van der Waals surface area contributed by atoms with E-state index in [4.69, 9.17) is 11.6 Å². The molecule has 1 fully saturated rings. The molecular weight excluding hydrogens is 476 g/mol. The summed E-state index contributed by atoms with van der Waals surface area (Å²) in [5, 5.41) is 8.27. The maximum Gasteiger partial charge on any atom is 0.263 e. The van der Waals surface area contributed by atoms with Gasteiger partial charge < -0.3 is 10.2 Å². The molecule has 0 bridgehead atoms. The summed E-state index contributed by atoms with van der Waals surface area (Å²) >= 11 is 9.21. The van der Waals surface area contributed by atoms with E-state index in [1.165, 1.54) is 27.8 Å². The fourth-order valence-electron chi connectivity index (χ4n) is 4.30. The van der Waals surface area contributed by atoms with Crippen LogP contribution in [0.5, 0.6) is 0 Å². The van der Waals surface area contributed by atoms with Gasteiger partial charge in [-0.25, -0.2) is 4.98 Å². The molecule has 9 heteroatoms. The van der Waals surface area contributed by atoms with Crippen LogP contribution in [0.15, 0.2) is 52.2 Å². The fraction of sp³-hybridized carbons (Fsp3) is 0.292. The van der Waals surface area contributed by atoms with Gasteiger partial charge in [0.2, 0.25) is 5.91 Å². The minimum Gasteiger partial charge on any atom is -0.371 e. The third-order valence-electron chi connectivity index (χ3n) is 6.05. The summed E-state index contributed by atoms with van der Waals surface area (Å²) in [7, 11) is 0. The lowest BCUT2D eigenvalue weighted by Gasteiger charge is -2.21. The van der Waals surface area contributed by atoms with Crippen molar-refractivity contribution in [3.63, 3.8) is 0 Å². The number of carbonyl (C=O) groups is 1. The number of rotatable bonds is 6. The van der Waals surface area contributed by atoms with E-state index in [1.54, 1.807) is 11.3 Å². The van der Waals surface area contributed by atoms with Gasteiger partial charge in [-0.2, -0.15) is 0 Å². The number of nitrogens with zero attached hydrogens (tertiary/aromatic N) is 3. The van der Waals surface area contributed by atoms with Crippen molar-refractivity contribution in [2.45, 2.75) is 19.9 Å². The minimum atomic E-state index is -0.178. The Morgan fingerprint density at radius 3 is 3.00 bits per heavy atom. The number of aromatic nitrogens is 2. The van der Waals surface area contributed by atoms with E-state index in [9.17, 15) is 9.59 Å². The van der Waals surface area contributed by atoms with Crippen molar-refractivity contribution in [3.05, 3.63) is 68.4 Å². The van der Waals surface area contributed by atoms with Gasteiger partial charge in [0.25, 0.3) is 5.56 Å². The molecule has 1 amide bonds. The maximum atomic E-state index is 13.1. The average Bonchev–Trinajstić information content (AvgIpc) is 3.56. The number of hydrogen-bond acceptors (Lipinski definition) is 6. The first-order chi connectivity index (χ1) is 16.0. The second kappa shape index (κ2) is 9.29. The lowest BCUT2D eigenvalue weighted by molar-refractivity contribution is -0.121. The Bertz CT molecular complexity index is 1360. The van der Waals surface area contributed by atoms with Gasteiger partial charge >= 0.3 is 0 Å². The Morgan fingerprint density at radius 1 is 1.30 bits per heavy atom. The molecule has 1 aliphatic heterocycles. The Morgan fingerprint density at radius 2 is 2.18 bits per heavy atom. The average molecular weight is 499 g/mol. The molecular formula is C24H23ClN4O2S2. The van der Waals surface area contributed by atoms with Crippen LogP contribution in [0.1, 0.15) is 12.0 Å². The van der Waals surface area contributed by atoms with Gasteiger partial charge in [-0.1, -0.05) is 23.7 Å². The molecule has 1 atom stereocenters. The smallest absolute Gasteiger partial charge is 0.263 e. The quantitative estimate of drug-likeness (QED) is 0.415. The molecule has 170 valence electrons. The summed E-state index contributed by atoms with van der Waals surface area (Å²) in [6.07, 6.45) is 2.47. The van der Waals surface area contributed by atoms with Crippen molar-refractivity contribution >= 4 is 56.1 Å². The molecule has 0 radical (unpaired) electrons. The van der Waals surface area contributed by atoms with E-state index >= 15 is 0 Å². The predicted octanol–water partition coefficient (Wildman–Crippen LogP) is 4.79. The number of amides is 1. The molecule has 1 saturated heterocycles. The van der Waals surface area contributed by atoms with Crippen LogP contribution in [0.25, 0.3) is 20.7 Å². The minimum absolute atomic E-state index is 0.0364. The van der Waals surface area contributed by atoms with Crippen LogP contribution in [0.4, 0.5) is 5.69 Å². The molecule has 0 aliphatic carbocycles. The van der Waals surface area contributed by atoms with Crippen LogP contribution < -0.4 is 15.8 Å². The SMILES string of the molecule is Cc1ccc(Cl)cc1N1CC[C@H](CNC(=O)Cn2cnc3scc(-c4cccs4)c3c2=O)C1. The molecule has 1 N–H and O–H groups in total. The summed E-state index contributed by atoms with van der Waals surface area (Å²) in [5.41, 5.74) is 3.06. The normalized spacial score (nSPS) is 15.9. The van der Waals surface area contributed by atoms with Crippen molar-refractivity contribution < 1.29 is 4.79 Å². The van der Waals surface area contributed by atoms with Crippen LogP contribution in [-0.2, 0) is 11.3 Å². The van der Waals surface area contributed by atoms with Crippen molar-refractivity contribution in [3.8, 4) is 10.4 Å². The second-order valence-electron chi connectivity index (χ2n) is 8.32. The molecule has 4 heterocycles. The van der Waals surface area contributed by atoms with E-state index < -0.39 is 0 Å². The summed E-state index contributed by atoms with van der Waals surface area (Å²) in [6, 6.07) is 9.89. The van der Waals surface area contributed by atoms with Gasteiger partial charge in [-0.15, -0.1) is 22.7 Å². The van der Waals surface area contributed by atoms with Gasteiger partial charge in [-0.05, 0) is 48.4 Å². The Balaban J connectivity index is 1.23. The third-order valence-corrected chi connectivity index (χ3v) is 8.07. The first kappa shape index (κ1) is 22.1. The largest absolute Gasteiger partial charge is 0.371 e. The van der Waals surface area contributed by atoms with Crippen molar-refractivity contribution in [1.29, 1.82) is 0 Å². The number of fused-ring (bicyclic) bond motifs is 1. The van der Waals surface area contributed by atoms with E-state index in [-0.39, 0.29) is 18.0 Å². The topological polar surface area (TPSA) is 67.2 Å². The molecule has 1 aliphatic rings. The zero-order valence-corrected chi connectivity index (χ0v) is 20.5. The van der Waals surface area contributed by atoms with Crippen LogP contribution in [-0.4, -0.2) is 35.1 Å². The molecule has 5 rings (SSSR count). The lowest BCUT2D eigenvalue weighted by Crippen LogP contribution is -2.35. The lowest BCUT2D eigenvalue weighted by atomic mass is 10.1. The van der Waals surface area contributed by atoms with Crippen molar-refractivity contribution in [2.75, 3.05) is 24.5 Å². The number of aryl methyl sites for hydroxylation is 1. The number of hydrogen-bond donors (Lipinski definition) is 1. The standard InChI is InChI=1S/C24H23ClN4O2S2/c1-15-4-5-17(25)9-19(15)28-7-6-16(11-28)10-26-21(30)12-29-14-27-23-22(24(29)31)18(13-33-23)20-3-2-8-32-20/h2-5,8-9,13-14,16H,6-7,10-12H2,1H3,(H,26,30)/t16-/m1/s1. The number of thiophene rings is 2. The number of halogens is 1. The van der Waals surface area contributed by atoms with Crippen molar-refractivity contribution in [2.24, 2.45) is 5.92 Å². The summed E-state index contributed by atoms with van der Waals surface area (Å²) in [6.45, 7) is 4.43. The summed E-state index contributed by atoms with van der Waals surface area (Å²) in [5.74, 6) is 0.176. The van der Waals surface area contributed by atoms with Gasteiger partial charge in [0.15, 0.2) is 0 Å². The highest BCUT2D eigenvalue weighted by Gasteiger charge is 2.24. The van der Waals surface area contributed by atoms with Gasteiger partial charge in [0.05, 0.1) is 11.7 Å². The van der Waals surface area contributed by atoms with E-state index in [2.05, 4.69) is 22.1 Å². The second-order valence-corrected chi connectivity index (χ2v) is 10.6. The fourth-order valence-corrected chi connectivity index (χ4v) is 6.19. The Kier molecular flexibility index (Phi) is 6.23. The number of benzene rings is 1. The highest BCUT2D eigenvalue weighted by atomic mass is 35.5. The van der Waals surface area contributed by atoms with E-state index in [0.717, 1.165) is 40.7 Å². The van der Waals surface area contributed by atoms with Crippen LogP contribution in [0, 0.1) is 12.8 Å².